The molecule has 5 nitrogen and oxygen atoms in total. The summed E-state index contributed by atoms with van der Waals surface area (Å²) in [5.41, 5.74) is 2.29. The van der Waals surface area contributed by atoms with Gasteiger partial charge in [-0.15, -0.1) is 10.2 Å². The summed E-state index contributed by atoms with van der Waals surface area (Å²) in [6.45, 7) is 1.90. The van der Waals surface area contributed by atoms with Crippen LogP contribution in [0, 0.1) is 6.92 Å². The summed E-state index contributed by atoms with van der Waals surface area (Å²) in [5, 5.41) is 17.8. The third kappa shape index (κ3) is 2.18. The third-order valence-corrected chi connectivity index (χ3v) is 2.74. The van der Waals surface area contributed by atoms with E-state index in [9.17, 15) is 5.11 Å². The number of nitrogens with zero attached hydrogens (tertiary/aromatic N) is 3. The van der Waals surface area contributed by atoms with Crippen LogP contribution in [-0.2, 0) is 0 Å². The Hall–Kier alpha value is -2.69. The smallest absolute Gasteiger partial charge is 0.251 e. The van der Waals surface area contributed by atoms with Crippen LogP contribution in [0.2, 0.25) is 0 Å². The lowest BCUT2D eigenvalue weighted by molar-refractivity contribution is 0.473. The van der Waals surface area contributed by atoms with Crippen LogP contribution in [0.15, 0.2) is 47.1 Å². The van der Waals surface area contributed by atoms with Crippen molar-refractivity contribution in [1.82, 2.24) is 15.2 Å². The summed E-state index contributed by atoms with van der Waals surface area (Å²) in [7, 11) is 0. The van der Waals surface area contributed by atoms with Crippen LogP contribution < -0.4 is 0 Å². The second-order valence-corrected chi connectivity index (χ2v) is 4.17. The molecule has 0 aliphatic rings. The highest BCUT2D eigenvalue weighted by Gasteiger charge is 2.13. The molecule has 1 aromatic carbocycles. The number of phenols is 1. The van der Waals surface area contributed by atoms with Gasteiger partial charge in [-0.2, -0.15) is 0 Å². The molecule has 0 aliphatic heterocycles. The van der Waals surface area contributed by atoms with Gasteiger partial charge in [-0.05, 0) is 36.8 Å². The van der Waals surface area contributed by atoms with Gasteiger partial charge < -0.3 is 9.52 Å². The van der Waals surface area contributed by atoms with Crippen LogP contribution in [0.3, 0.4) is 0 Å². The van der Waals surface area contributed by atoms with Crippen molar-refractivity contribution in [2.45, 2.75) is 6.92 Å². The molecule has 5 heteroatoms. The van der Waals surface area contributed by atoms with Crippen molar-refractivity contribution in [2.24, 2.45) is 0 Å². The van der Waals surface area contributed by atoms with Gasteiger partial charge in [-0.1, -0.05) is 6.07 Å². The predicted octanol–water partition coefficient (Wildman–Crippen LogP) is 2.81. The summed E-state index contributed by atoms with van der Waals surface area (Å²) in [5.74, 6) is 0.826. The number of hydrogen-bond donors (Lipinski definition) is 1. The first-order chi connectivity index (χ1) is 9.24. The molecular formula is C14H11N3O2. The molecule has 1 N–H and O–H groups in total. The van der Waals surface area contributed by atoms with E-state index in [-0.39, 0.29) is 5.75 Å². The standard InChI is InChI=1S/C14H11N3O2/c1-9-2-3-11(12(18)8-9)14-17-16-13(19-14)10-4-6-15-7-5-10/h2-8,18H,1H3. The highest BCUT2D eigenvalue weighted by Crippen LogP contribution is 2.30. The third-order valence-electron chi connectivity index (χ3n) is 2.74. The Morgan fingerprint density at radius 1 is 1.00 bits per heavy atom. The molecule has 0 bridgehead atoms. The largest absolute Gasteiger partial charge is 0.507 e. The van der Waals surface area contributed by atoms with E-state index >= 15 is 0 Å². The maximum Gasteiger partial charge on any atom is 0.251 e. The molecule has 0 radical (unpaired) electrons. The molecule has 0 atom stereocenters. The second-order valence-electron chi connectivity index (χ2n) is 4.17. The minimum Gasteiger partial charge on any atom is -0.507 e. The molecule has 0 unspecified atom stereocenters. The van der Waals surface area contributed by atoms with Crippen LogP contribution in [-0.4, -0.2) is 20.3 Å². The molecular weight excluding hydrogens is 242 g/mol. The van der Waals surface area contributed by atoms with Crippen molar-refractivity contribution in [2.75, 3.05) is 0 Å². The maximum atomic E-state index is 9.89. The van der Waals surface area contributed by atoms with Crippen LogP contribution in [0.5, 0.6) is 5.75 Å². The predicted molar refractivity (Wildman–Crippen MR) is 69.4 cm³/mol. The van der Waals surface area contributed by atoms with E-state index in [0.29, 0.717) is 17.3 Å². The molecule has 0 amide bonds. The quantitative estimate of drug-likeness (QED) is 0.760. The van der Waals surface area contributed by atoms with E-state index in [4.69, 9.17) is 4.42 Å². The normalized spacial score (nSPS) is 10.6. The number of aromatic hydroxyl groups is 1. The lowest BCUT2D eigenvalue weighted by Gasteiger charge is -2.00. The van der Waals surface area contributed by atoms with E-state index < -0.39 is 0 Å². The first-order valence-electron chi connectivity index (χ1n) is 5.78. The van der Waals surface area contributed by atoms with Crippen LogP contribution >= 0.6 is 0 Å². The Bertz CT molecular complexity index is 708. The topological polar surface area (TPSA) is 72.0 Å². The van der Waals surface area contributed by atoms with E-state index in [1.54, 1.807) is 36.7 Å². The van der Waals surface area contributed by atoms with Gasteiger partial charge in [-0.25, -0.2) is 0 Å². The molecule has 3 rings (SSSR count). The lowest BCUT2D eigenvalue weighted by Crippen LogP contribution is -1.80. The van der Waals surface area contributed by atoms with Crippen molar-refractivity contribution in [1.29, 1.82) is 0 Å². The summed E-state index contributed by atoms with van der Waals surface area (Å²) >= 11 is 0. The molecule has 0 saturated heterocycles. The number of benzene rings is 1. The molecule has 0 aliphatic carbocycles. The summed E-state index contributed by atoms with van der Waals surface area (Å²) < 4.78 is 5.57. The average Bonchev–Trinajstić information content (AvgIpc) is 2.89. The Morgan fingerprint density at radius 2 is 1.74 bits per heavy atom. The van der Waals surface area contributed by atoms with Gasteiger partial charge in [0.15, 0.2) is 0 Å². The number of aromatic nitrogens is 3. The van der Waals surface area contributed by atoms with Crippen molar-refractivity contribution >= 4 is 0 Å². The lowest BCUT2D eigenvalue weighted by atomic mass is 10.1. The van der Waals surface area contributed by atoms with Gasteiger partial charge in [0.25, 0.3) is 5.89 Å². The van der Waals surface area contributed by atoms with E-state index in [1.807, 2.05) is 13.0 Å². The van der Waals surface area contributed by atoms with Crippen molar-refractivity contribution in [3.63, 3.8) is 0 Å². The van der Waals surface area contributed by atoms with Crippen LogP contribution in [0.25, 0.3) is 22.9 Å². The average molecular weight is 253 g/mol. The summed E-state index contributed by atoms with van der Waals surface area (Å²) in [6.07, 6.45) is 3.31. The fourth-order valence-electron chi connectivity index (χ4n) is 1.77. The monoisotopic (exact) mass is 253 g/mol. The molecule has 0 saturated carbocycles. The minimum absolute atomic E-state index is 0.130. The van der Waals surface area contributed by atoms with Gasteiger partial charge in [0.05, 0.1) is 5.56 Å². The fourth-order valence-corrected chi connectivity index (χ4v) is 1.77. The Kier molecular flexibility index (Phi) is 2.72. The Morgan fingerprint density at radius 3 is 2.47 bits per heavy atom. The molecule has 2 aromatic heterocycles. The van der Waals surface area contributed by atoms with Gasteiger partial charge in [0.2, 0.25) is 5.89 Å². The van der Waals surface area contributed by atoms with Gasteiger partial charge in [0, 0.05) is 18.0 Å². The first-order valence-corrected chi connectivity index (χ1v) is 5.78. The van der Waals surface area contributed by atoms with Gasteiger partial charge in [-0.3, -0.25) is 4.98 Å². The van der Waals surface area contributed by atoms with Crippen LogP contribution in [0.1, 0.15) is 5.56 Å². The molecule has 0 fully saturated rings. The van der Waals surface area contributed by atoms with E-state index in [0.717, 1.165) is 11.1 Å². The van der Waals surface area contributed by atoms with Crippen molar-refractivity contribution < 1.29 is 9.52 Å². The number of hydrogen-bond acceptors (Lipinski definition) is 5. The molecule has 2 heterocycles. The number of rotatable bonds is 2. The summed E-state index contributed by atoms with van der Waals surface area (Å²) in [4.78, 5) is 3.93. The highest BCUT2D eigenvalue weighted by atomic mass is 16.4. The van der Waals surface area contributed by atoms with E-state index in [1.165, 1.54) is 0 Å². The Labute approximate surface area is 109 Å². The van der Waals surface area contributed by atoms with Crippen LogP contribution in [0.4, 0.5) is 0 Å². The minimum atomic E-state index is 0.130. The molecule has 3 aromatic rings. The molecule has 94 valence electrons. The molecule has 19 heavy (non-hydrogen) atoms. The van der Waals surface area contributed by atoms with Gasteiger partial charge >= 0.3 is 0 Å². The van der Waals surface area contributed by atoms with Crippen molar-refractivity contribution in [3.05, 3.63) is 48.3 Å². The van der Waals surface area contributed by atoms with E-state index in [2.05, 4.69) is 15.2 Å². The van der Waals surface area contributed by atoms with Crippen molar-refractivity contribution in [3.8, 4) is 28.7 Å². The maximum absolute atomic E-state index is 9.89. The zero-order valence-corrected chi connectivity index (χ0v) is 10.2. The SMILES string of the molecule is Cc1ccc(-c2nnc(-c3ccncc3)o2)c(O)c1. The highest BCUT2D eigenvalue weighted by molar-refractivity contribution is 5.64. The molecule has 0 spiro atoms. The van der Waals surface area contributed by atoms with Gasteiger partial charge in [0.1, 0.15) is 5.75 Å². The number of aryl methyl sites for hydroxylation is 1. The summed E-state index contributed by atoms with van der Waals surface area (Å²) in [6, 6.07) is 8.87. The fraction of sp³-hybridized carbons (Fsp3) is 0.0714. The second kappa shape index (κ2) is 4.53. The zero-order valence-electron chi connectivity index (χ0n) is 10.2. The zero-order chi connectivity index (χ0) is 13.2. The Balaban J connectivity index is 2.02. The number of phenolic OH excluding ortho intramolecular Hbond substituents is 1. The number of pyridine rings is 1. The first kappa shape index (κ1) is 11.4.